The first kappa shape index (κ1) is 25.9. The Balaban J connectivity index is 1.45. The summed E-state index contributed by atoms with van der Waals surface area (Å²) in [6, 6.07) is 21.8. The Morgan fingerprint density at radius 1 is 0.974 bits per heavy atom. The van der Waals surface area contributed by atoms with E-state index in [2.05, 4.69) is 10.3 Å². The third-order valence-corrected chi connectivity index (χ3v) is 7.24. The monoisotopic (exact) mass is 541 g/mol. The van der Waals surface area contributed by atoms with Crippen molar-refractivity contribution < 1.29 is 22.0 Å². The van der Waals surface area contributed by atoms with Gasteiger partial charge in [-0.15, -0.1) is 0 Å². The normalized spacial score (nSPS) is 11.7. The highest BCUT2D eigenvalue weighted by molar-refractivity contribution is 7.90. The largest absolute Gasteiger partial charge is 0.459 e. The van der Waals surface area contributed by atoms with Crippen molar-refractivity contribution in [2.45, 2.75) is 11.4 Å². The summed E-state index contributed by atoms with van der Waals surface area (Å²) in [4.78, 5) is 16.6. The lowest BCUT2D eigenvalue weighted by Gasteiger charge is -2.09. The third-order valence-electron chi connectivity index (χ3n) is 6.11. The van der Waals surface area contributed by atoms with Gasteiger partial charge in [0.15, 0.2) is 9.84 Å². The minimum Gasteiger partial charge on any atom is -0.459 e. The van der Waals surface area contributed by atoms with Crippen LogP contribution in [0.15, 0.2) is 100 Å². The first-order chi connectivity index (χ1) is 18.7. The van der Waals surface area contributed by atoms with Crippen molar-refractivity contribution in [2.75, 3.05) is 12.0 Å². The van der Waals surface area contributed by atoms with Gasteiger partial charge in [-0.25, -0.2) is 17.8 Å². The lowest BCUT2D eigenvalue weighted by Crippen LogP contribution is -2.19. The van der Waals surface area contributed by atoms with Gasteiger partial charge in [0.25, 0.3) is 0 Å². The van der Waals surface area contributed by atoms with E-state index in [0.717, 1.165) is 39.5 Å². The highest BCUT2D eigenvalue weighted by atomic mass is 32.2. The summed E-state index contributed by atoms with van der Waals surface area (Å²) in [5, 5.41) is 3.59. The quantitative estimate of drug-likeness (QED) is 0.259. The maximum absolute atomic E-state index is 13.6. The molecule has 0 saturated carbocycles. The van der Waals surface area contributed by atoms with E-state index in [1.165, 1.54) is 18.2 Å². The standard InChI is InChI=1S/C30H24FN3O4S/c1-39(36,37)26-10-6-20(7-11-26)22-14-23-15-25(18-34-29(35)13-3-19-2-12-28(32)33-17-19)38-30(23)27(16-22)21-4-8-24(31)9-5-21/h2-17H,18H2,1H3,(H2,32,33)(H,34,35). The van der Waals surface area contributed by atoms with Crippen LogP contribution in [0.3, 0.4) is 0 Å². The van der Waals surface area contributed by atoms with Crippen molar-refractivity contribution in [3.8, 4) is 22.3 Å². The molecule has 3 aromatic carbocycles. The first-order valence-corrected chi connectivity index (χ1v) is 13.9. The van der Waals surface area contributed by atoms with E-state index in [9.17, 15) is 17.6 Å². The number of benzene rings is 3. The van der Waals surface area contributed by atoms with Gasteiger partial charge in [0.05, 0.1) is 11.4 Å². The molecule has 0 saturated heterocycles. The Morgan fingerprint density at radius 3 is 2.36 bits per heavy atom. The summed E-state index contributed by atoms with van der Waals surface area (Å²) in [5.41, 5.74) is 10.0. The van der Waals surface area contributed by atoms with Crippen molar-refractivity contribution in [1.29, 1.82) is 0 Å². The summed E-state index contributed by atoms with van der Waals surface area (Å²) in [7, 11) is -3.32. The van der Waals surface area contributed by atoms with Crippen molar-refractivity contribution in [1.82, 2.24) is 10.3 Å². The van der Waals surface area contributed by atoms with Crippen LogP contribution in [0.4, 0.5) is 10.2 Å². The molecule has 2 aromatic heterocycles. The number of hydrogen-bond donors (Lipinski definition) is 2. The number of aromatic nitrogens is 1. The van der Waals surface area contributed by atoms with Gasteiger partial charge in [0.2, 0.25) is 5.91 Å². The van der Waals surface area contributed by atoms with Crippen molar-refractivity contribution >= 4 is 38.6 Å². The fourth-order valence-electron chi connectivity index (χ4n) is 4.12. The Hall–Kier alpha value is -4.76. The fourth-order valence-corrected chi connectivity index (χ4v) is 4.75. The van der Waals surface area contributed by atoms with Gasteiger partial charge in [0, 0.05) is 29.5 Å². The van der Waals surface area contributed by atoms with Gasteiger partial charge >= 0.3 is 0 Å². The zero-order chi connectivity index (χ0) is 27.6. The molecule has 5 rings (SSSR count). The summed E-state index contributed by atoms with van der Waals surface area (Å²) < 4.78 is 43.5. The second-order valence-corrected chi connectivity index (χ2v) is 11.0. The van der Waals surface area contributed by atoms with Gasteiger partial charge < -0.3 is 15.5 Å². The number of nitrogen functional groups attached to an aromatic ring is 1. The smallest absolute Gasteiger partial charge is 0.244 e. The van der Waals surface area contributed by atoms with Crippen LogP contribution in [0.5, 0.6) is 0 Å². The molecule has 0 aliphatic rings. The lowest BCUT2D eigenvalue weighted by atomic mass is 9.97. The Kier molecular flexibility index (Phi) is 7.00. The van der Waals surface area contributed by atoms with E-state index in [4.69, 9.17) is 10.2 Å². The van der Waals surface area contributed by atoms with E-state index >= 15 is 0 Å². The third kappa shape index (κ3) is 6.05. The number of nitrogens with zero attached hydrogens (tertiary/aromatic N) is 1. The topological polar surface area (TPSA) is 115 Å². The summed E-state index contributed by atoms with van der Waals surface area (Å²) in [5.74, 6) is 0.273. The number of pyridine rings is 1. The zero-order valence-electron chi connectivity index (χ0n) is 20.9. The molecule has 1 amide bonds. The van der Waals surface area contributed by atoms with E-state index in [1.807, 2.05) is 18.2 Å². The van der Waals surface area contributed by atoms with Crippen LogP contribution in [0, 0.1) is 5.82 Å². The van der Waals surface area contributed by atoms with Crippen LogP contribution in [0.2, 0.25) is 0 Å². The molecule has 0 aliphatic carbocycles. The molecular weight excluding hydrogens is 517 g/mol. The number of nitrogens with two attached hydrogens (primary N) is 1. The zero-order valence-corrected chi connectivity index (χ0v) is 21.7. The summed E-state index contributed by atoms with van der Waals surface area (Å²) in [6.07, 6.45) is 5.77. The van der Waals surface area contributed by atoms with Crippen molar-refractivity contribution in [2.24, 2.45) is 0 Å². The number of rotatable bonds is 7. The molecule has 0 fully saturated rings. The maximum Gasteiger partial charge on any atom is 0.244 e. The number of hydrogen-bond acceptors (Lipinski definition) is 6. The number of sulfone groups is 1. The number of carbonyl (C=O) groups is 1. The number of amides is 1. The molecule has 7 nitrogen and oxygen atoms in total. The molecule has 5 aromatic rings. The molecular formula is C30H24FN3O4S. The number of furan rings is 1. The molecule has 3 N–H and O–H groups in total. The Morgan fingerprint density at radius 2 is 1.69 bits per heavy atom. The van der Waals surface area contributed by atoms with E-state index < -0.39 is 9.84 Å². The highest BCUT2D eigenvalue weighted by Crippen LogP contribution is 2.36. The average molecular weight is 542 g/mol. The van der Waals surface area contributed by atoms with Gasteiger partial charge in [-0.1, -0.05) is 24.3 Å². The number of fused-ring (bicyclic) bond motifs is 1. The van der Waals surface area contributed by atoms with Crippen LogP contribution >= 0.6 is 0 Å². The van der Waals surface area contributed by atoms with E-state index in [1.54, 1.807) is 60.8 Å². The van der Waals surface area contributed by atoms with Crippen LogP contribution in [-0.2, 0) is 21.2 Å². The second-order valence-electron chi connectivity index (χ2n) is 9.03. The molecule has 2 heterocycles. The molecule has 39 heavy (non-hydrogen) atoms. The predicted molar refractivity (Wildman–Crippen MR) is 150 cm³/mol. The van der Waals surface area contributed by atoms with Crippen LogP contribution in [0.25, 0.3) is 39.3 Å². The SMILES string of the molecule is CS(=O)(=O)c1ccc(-c2cc(-c3ccc(F)cc3)c3oc(CNC(=O)C=Cc4ccc(N)nc4)cc3c2)cc1. The van der Waals surface area contributed by atoms with Crippen LogP contribution in [-0.4, -0.2) is 25.6 Å². The molecule has 0 spiro atoms. The van der Waals surface area contributed by atoms with Crippen molar-refractivity contribution in [3.63, 3.8) is 0 Å². The highest BCUT2D eigenvalue weighted by Gasteiger charge is 2.15. The van der Waals surface area contributed by atoms with E-state index in [-0.39, 0.29) is 23.2 Å². The molecule has 0 bridgehead atoms. The summed E-state index contributed by atoms with van der Waals surface area (Å²) in [6.45, 7) is 0.152. The predicted octanol–water partition coefficient (Wildman–Crippen LogP) is 5.62. The molecule has 0 unspecified atom stereocenters. The number of anilines is 1. The molecule has 196 valence electrons. The van der Waals surface area contributed by atoms with Crippen LogP contribution in [0.1, 0.15) is 11.3 Å². The van der Waals surface area contributed by atoms with Crippen molar-refractivity contribution in [3.05, 3.63) is 108 Å². The first-order valence-electron chi connectivity index (χ1n) is 12.0. The minimum atomic E-state index is -3.32. The van der Waals surface area contributed by atoms with E-state index in [0.29, 0.717) is 17.2 Å². The number of halogens is 1. The maximum atomic E-state index is 13.6. The van der Waals surface area contributed by atoms with Crippen LogP contribution < -0.4 is 11.1 Å². The average Bonchev–Trinajstić information content (AvgIpc) is 3.34. The number of nitrogens with one attached hydrogen (secondary N) is 1. The van der Waals surface area contributed by atoms with Gasteiger partial charge in [0.1, 0.15) is 23.0 Å². The minimum absolute atomic E-state index is 0.152. The molecule has 0 aliphatic heterocycles. The van der Waals surface area contributed by atoms with Gasteiger partial charge in [-0.3, -0.25) is 4.79 Å². The molecule has 0 radical (unpaired) electrons. The molecule has 9 heteroatoms. The summed E-state index contributed by atoms with van der Waals surface area (Å²) >= 11 is 0. The fraction of sp³-hybridized carbons (Fsp3) is 0.0667. The van der Waals surface area contributed by atoms with Gasteiger partial charge in [-0.05, 0) is 82.9 Å². The molecule has 0 atom stereocenters. The number of carbonyl (C=O) groups excluding carboxylic acids is 1. The Labute approximate surface area is 224 Å². The van der Waals surface area contributed by atoms with Gasteiger partial charge in [-0.2, -0.15) is 0 Å². The lowest BCUT2D eigenvalue weighted by molar-refractivity contribution is -0.116. The Bertz CT molecular complexity index is 1790. The second kappa shape index (κ2) is 10.5.